The normalized spacial score (nSPS) is 33.5. The summed E-state index contributed by atoms with van der Waals surface area (Å²) in [6.45, 7) is 0. The van der Waals surface area contributed by atoms with E-state index < -0.39 is 29.9 Å². The van der Waals surface area contributed by atoms with Gasteiger partial charge in [0.05, 0.1) is 6.10 Å². The van der Waals surface area contributed by atoms with Crippen molar-refractivity contribution in [1.29, 1.82) is 0 Å². The molecule has 0 radical (unpaired) electrons. The molecule has 1 aliphatic carbocycles. The van der Waals surface area contributed by atoms with Crippen LogP contribution in [0.2, 0.25) is 0 Å². The summed E-state index contributed by atoms with van der Waals surface area (Å²) >= 11 is 0. The molecule has 0 amide bonds. The molecule has 0 saturated carbocycles. The minimum absolute atomic E-state index is 0.0363. The Bertz CT molecular complexity index is 553. The van der Waals surface area contributed by atoms with Gasteiger partial charge >= 0.3 is 5.97 Å². The number of hydrogen-bond acceptors (Lipinski definition) is 5. The molecule has 1 aliphatic heterocycles. The number of hydrogen-bond donors (Lipinski definition) is 3. The molecule has 2 aliphatic rings. The molecule has 1 fully saturated rings. The number of aliphatic hydroxyl groups is 3. The summed E-state index contributed by atoms with van der Waals surface area (Å²) in [5.74, 6) is -0.761. The van der Waals surface area contributed by atoms with E-state index in [4.69, 9.17) is 4.74 Å². The van der Waals surface area contributed by atoms with Gasteiger partial charge in [-0.05, 0) is 17.2 Å². The van der Waals surface area contributed by atoms with Crippen molar-refractivity contribution in [3.8, 4) is 0 Å². The van der Waals surface area contributed by atoms with Crippen LogP contribution < -0.4 is 0 Å². The predicted molar refractivity (Wildman–Crippen MR) is 69.7 cm³/mol. The summed E-state index contributed by atoms with van der Waals surface area (Å²) in [7, 11) is 0. The Balaban J connectivity index is 1.84. The summed E-state index contributed by atoms with van der Waals surface area (Å²) < 4.78 is 4.93. The third-order valence-electron chi connectivity index (χ3n) is 3.88. The van der Waals surface area contributed by atoms with Crippen LogP contribution in [0.25, 0.3) is 0 Å². The zero-order valence-electron chi connectivity index (χ0n) is 10.8. The fourth-order valence-corrected chi connectivity index (χ4v) is 2.79. The SMILES string of the molecule is O=C1O[C@@H]2C[C@@]1(O)C=C([C@@H](O)Cc1ccccc1)[C@H]2O. The minimum atomic E-state index is -1.71. The lowest BCUT2D eigenvalue weighted by molar-refractivity contribution is -0.152. The monoisotopic (exact) mass is 276 g/mol. The second-order valence-corrected chi connectivity index (χ2v) is 5.37. The molecule has 5 nitrogen and oxygen atoms in total. The van der Waals surface area contributed by atoms with Crippen LogP contribution in [0, 0.1) is 0 Å². The van der Waals surface area contributed by atoms with Gasteiger partial charge in [0, 0.05) is 12.8 Å². The van der Waals surface area contributed by atoms with Crippen molar-refractivity contribution in [3.63, 3.8) is 0 Å². The Morgan fingerprint density at radius 1 is 1.35 bits per heavy atom. The molecular weight excluding hydrogens is 260 g/mol. The average molecular weight is 276 g/mol. The number of fused-ring (bicyclic) bond motifs is 2. The summed E-state index contributed by atoms with van der Waals surface area (Å²) in [6, 6.07) is 9.32. The van der Waals surface area contributed by atoms with E-state index in [0.717, 1.165) is 5.56 Å². The molecule has 1 heterocycles. The largest absolute Gasteiger partial charge is 0.457 e. The molecule has 4 atom stereocenters. The van der Waals surface area contributed by atoms with Gasteiger partial charge in [0.15, 0.2) is 5.60 Å². The van der Waals surface area contributed by atoms with Crippen molar-refractivity contribution in [2.75, 3.05) is 0 Å². The van der Waals surface area contributed by atoms with Crippen LogP contribution in [0.15, 0.2) is 42.0 Å². The molecule has 5 heteroatoms. The highest BCUT2D eigenvalue weighted by molar-refractivity contribution is 5.85. The molecule has 20 heavy (non-hydrogen) atoms. The van der Waals surface area contributed by atoms with Gasteiger partial charge in [0.25, 0.3) is 0 Å². The van der Waals surface area contributed by atoms with Gasteiger partial charge in [-0.15, -0.1) is 0 Å². The van der Waals surface area contributed by atoms with Crippen molar-refractivity contribution < 1.29 is 24.9 Å². The molecule has 0 aromatic heterocycles. The molecule has 1 saturated heterocycles. The van der Waals surface area contributed by atoms with E-state index in [1.54, 1.807) is 0 Å². The average Bonchev–Trinajstić information content (AvgIpc) is 2.68. The van der Waals surface area contributed by atoms with Gasteiger partial charge in [-0.2, -0.15) is 0 Å². The van der Waals surface area contributed by atoms with Crippen LogP contribution in [0.1, 0.15) is 12.0 Å². The van der Waals surface area contributed by atoms with Crippen LogP contribution in [0.3, 0.4) is 0 Å². The number of aliphatic hydroxyl groups excluding tert-OH is 2. The number of carbonyl (C=O) groups is 1. The molecule has 3 N–H and O–H groups in total. The number of carbonyl (C=O) groups excluding carboxylic acids is 1. The van der Waals surface area contributed by atoms with Crippen LogP contribution in [0.4, 0.5) is 0 Å². The van der Waals surface area contributed by atoms with E-state index in [9.17, 15) is 20.1 Å². The highest BCUT2D eigenvalue weighted by Gasteiger charge is 2.54. The predicted octanol–water partition coefficient (Wildman–Crippen LogP) is -0.0625. The van der Waals surface area contributed by atoms with Gasteiger partial charge in [-0.25, -0.2) is 4.79 Å². The summed E-state index contributed by atoms with van der Waals surface area (Å²) in [4.78, 5) is 11.5. The van der Waals surface area contributed by atoms with Gasteiger partial charge in [-0.1, -0.05) is 30.3 Å². The Morgan fingerprint density at radius 2 is 2.05 bits per heavy atom. The second-order valence-electron chi connectivity index (χ2n) is 5.37. The number of rotatable bonds is 3. The first kappa shape index (κ1) is 13.3. The molecular formula is C15H16O5. The van der Waals surface area contributed by atoms with Crippen LogP contribution >= 0.6 is 0 Å². The standard InChI is InChI=1S/C15H16O5/c16-11(6-9-4-2-1-3-5-9)10-7-15(19)8-12(13(10)17)20-14(15)18/h1-5,7,11-13,16-17,19H,6,8H2/t11-,12+,13+,15-/m0/s1. The third kappa shape index (κ3) is 2.14. The number of benzene rings is 1. The van der Waals surface area contributed by atoms with Crippen molar-refractivity contribution >= 4 is 5.97 Å². The Morgan fingerprint density at radius 3 is 2.75 bits per heavy atom. The van der Waals surface area contributed by atoms with Crippen molar-refractivity contribution in [1.82, 2.24) is 0 Å². The molecule has 3 rings (SSSR count). The highest BCUT2D eigenvalue weighted by atomic mass is 16.6. The minimum Gasteiger partial charge on any atom is -0.457 e. The van der Waals surface area contributed by atoms with Gasteiger partial charge < -0.3 is 20.1 Å². The van der Waals surface area contributed by atoms with E-state index in [0.29, 0.717) is 6.42 Å². The number of esters is 1. The fraction of sp³-hybridized carbons (Fsp3) is 0.400. The lowest BCUT2D eigenvalue weighted by Crippen LogP contribution is -2.41. The first-order chi connectivity index (χ1) is 9.49. The molecule has 0 spiro atoms. The maximum absolute atomic E-state index is 11.5. The quantitative estimate of drug-likeness (QED) is 0.532. The number of ether oxygens (including phenoxy) is 1. The smallest absolute Gasteiger partial charge is 0.342 e. The molecule has 0 unspecified atom stereocenters. The lowest BCUT2D eigenvalue weighted by atomic mass is 9.82. The fourth-order valence-electron chi connectivity index (χ4n) is 2.79. The molecule has 1 aromatic rings. The van der Waals surface area contributed by atoms with Crippen molar-refractivity contribution in [3.05, 3.63) is 47.5 Å². The van der Waals surface area contributed by atoms with E-state index in [1.807, 2.05) is 30.3 Å². The van der Waals surface area contributed by atoms with Crippen LogP contribution in [-0.4, -0.2) is 45.2 Å². The van der Waals surface area contributed by atoms with E-state index in [1.165, 1.54) is 6.08 Å². The summed E-state index contributed by atoms with van der Waals surface area (Å²) in [6.07, 6.45) is -1.22. The Hall–Kier alpha value is -1.69. The topological polar surface area (TPSA) is 87.0 Å². The Labute approximate surface area is 116 Å². The first-order valence-electron chi connectivity index (χ1n) is 6.56. The van der Waals surface area contributed by atoms with E-state index in [2.05, 4.69) is 0 Å². The highest BCUT2D eigenvalue weighted by Crippen LogP contribution is 2.38. The van der Waals surface area contributed by atoms with Crippen LogP contribution in [0.5, 0.6) is 0 Å². The zero-order valence-corrected chi connectivity index (χ0v) is 10.8. The van der Waals surface area contributed by atoms with Gasteiger partial charge in [0.1, 0.15) is 12.2 Å². The summed E-state index contributed by atoms with van der Waals surface area (Å²) in [5.41, 5.74) is -0.555. The molecule has 106 valence electrons. The van der Waals surface area contributed by atoms with Crippen molar-refractivity contribution in [2.24, 2.45) is 0 Å². The maximum Gasteiger partial charge on any atom is 0.342 e. The lowest BCUT2D eigenvalue weighted by Gasteiger charge is -2.29. The zero-order chi connectivity index (χ0) is 14.3. The van der Waals surface area contributed by atoms with E-state index in [-0.39, 0.29) is 12.0 Å². The Kier molecular flexibility index (Phi) is 3.12. The summed E-state index contributed by atoms with van der Waals surface area (Å²) in [5, 5.41) is 30.5. The van der Waals surface area contributed by atoms with Crippen LogP contribution in [-0.2, 0) is 16.0 Å². The first-order valence-corrected chi connectivity index (χ1v) is 6.56. The van der Waals surface area contributed by atoms with Gasteiger partial charge in [-0.3, -0.25) is 0 Å². The maximum atomic E-state index is 11.5. The molecule has 2 bridgehead atoms. The van der Waals surface area contributed by atoms with Crippen molar-refractivity contribution in [2.45, 2.75) is 36.8 Å². The van der Waals surface area contributed by atoms with E-state index >= 15 is 0 Å². The third-order valence-corrected chi connectivity index (χ3v) is 3.88. The second kappa shape index (κ2) is 4.70. The molecule has 1 aromatic carbocycles. The van der Waals surface area contributed by atoms with Gasteiger partial charge in [0.2, 0.25) is 0 Å².